The summed E-state index contributed by atoms with van der Waals surface area (Å²) >= 11 is 1.23. The topological polar surface area (TPSA) is 46.0 Å². The molecule has 1 aromatic heterocycles. The summed E-state index contributed by atoms with van der Waals surface area (Å²) in [6.07, 6.45) is 2.08. The number of benzene rings is 2. The first kappa shape index (κ1) is 12.8. The number of allylic oxidation sites excluding steroid dienone is 2. The van der Waals surface area contributed by atoms with E-state index in [0.717, 1.165) is 27.7 Å². The van der Waals surface area contributed by atoms with Crippen molar-refractivity contribution in [2.24, 2.45) is 0 Å². The van der Waals surface area contributed by atoms with Crippen molar-refractivity contribution in [1.82, 2.24) is 8.75 Å². The smallest absolute Gasteiger partial charge is 0.115 e. The SMILES string of the molecule is CC=C(C)c1ccc(-c2ccc(O)cc2)c2nsnc12. The Labute approximate surface area is 121 Å². The Morgan fingerprint density at radius 3 is 2.45 bits per heavy atom. The third kappa shape index (κ3) is 2.08. The molecule has 0 bridgehead atoms. The van der Waals surface area contributed by atoms with E-state index in [4.69, 9.17) is 0 Å². The standard InChI is InChI=1S/C16H14N2OS/c1-3-10(2)13-8-9-14(16-15(13)17-20-18-16)11-4-6-12(19)7-5-11/h3-9,19H,1-2H3. The van der Waals surface area contributed by atoms with Crippen LogP contribution in [0.25, 0.3) is 27.7 Å². The third-order valence-corrected chi connectivity index (χ3v) is 3.98. The van der Waals surface area contributed by atoms with Crippen LogP contribution < -0.4 is 0 Å². The van der Waals surface area contributed by atoms with E-state index in [1.54, 1.807) is 12.1 Å². The molecule has 0 aliphatic rings. The van der Waals surface area contributed by atoms with Crippen LogP contribution in [-0.2, 0) is 0 Å². The van der Waals surface area contributed by atoms with Crippen LogP contribution in [0.4, 0.5) is 0 Å². The van der Waals surface area contributed by atoms with Crippen molar-refractivity contribution >= 4 is 28.3 Å². The number of rotatable bonds is 2. The van der Waals surface area contributed by atoms with E-state index in [2.05, 4.69) is 33.9 Å². The Hall–Kier alpha value is -2.20. The molecule has 0 atom stereocenters. The molecule has 0 saturated heterocycles. The van der Waals surface area contributed by atoms with Crippen molar-refractivity contribution in [2.45, 2.75) is 13.8 Å². The third-order valence-electron chi connectivity index (χ3n) is 3.45. The highest BCUT2D eigenvalue weighted by molar-refractivity contribution is 7.00. The van der Waals surface area contributed by atoms with Gasteiger partial charge in [0.1, 0.15) is 16.8 Å². The predicted molar refractivity (Wildman–Crippen MR) is 83.8 cm³/mol. The van der Waals surface area contributed by atoms with Gasteiger partial charge in [0.25, 0.3) is 0 Å². The van der Waals surface area contributed by atoms with E-state index >= 15 is 0 Å². The molecule has 0 aliphatic heterocycles. The Kier molecular flexibility index (Phi) is 3.24. The second kappa shape index (κ2) is 5.06. The molecule has 1 N–H and O–H groups in total. The van der Waals surface area contributed by atoms with Gasteiger partial charge in [-0.05, 0) is 37.1 Å². The number of fused-ring (bicyclic) bond motifs is 1. The normalized spacial score (nSPS) is 12.0. The van der Waals surface area contributed by atoms with Crippen LogP contribution >= 0.6 is 11.7 Å². The minimum atomic E-state index is 0.266. The molecule has 0 amide bonds. The van der Waals surface area contributed by atoms with Crippen molar-refractivity contribution < 1.29 is 5.11 Å². The monoisotopic (exact) mass is 282 g/mol. The number of phenolic OH excluding ortho intramolecular Hbond substituents is 1. The van der Waals surface area contributed by atoms with Crippen LogP contribution in [-0.4, -0.2) is 13.9 Å². The van der Waals surface area contributed by atoms with Gasteiger partial charge in [-0.1, -0.05) is 30.3 Å². The second-order valence-electron chi connectivity index (χ2n) is 4.64. The highest BCUT2D eigenvalue weighted by Crippen LogP contribution is 2.32. The molecule has 0 radical (unpaired) electrons. The first-order valence-electron chi connectivity index (χ1n) is 6.38. The van der Waals surface area contributed by atoms with Crippen LogP contribution in [0.1, 0.15) is 19.4 Å². The van der Waals surface area contributed by atoms with Crippen molar-refractivity contribution in [3.63, 3.8) is 0 Å². The van der Waals surface area contributed by atoms with E-state index in [1.165, 1.54) is 17.3 Å². The van der Waals surface area contributed by atoms with Crippen LogP contribution in [0.5, 0.6) is 5.75 Å². The molecule has 3 rings (SSSR count). The molecule has 100 valence electrons. The summed E-state index contributed by atoms with van der Waals surface area (Å²) in [6.45, 7) is 4.10. The van der Waals surface area contributed by atoms with Gasteiger partial charge in [-0.25, -0.2) is 0 Å². The number of aromatic hydroxyl groups is 1. The Bertz CT molecular complexity index is 788. The lowest BCUT2D eigenvalue weighted by molar-refractivity contribution is 0.475. The number of hydrogen-bond acceptors (Lipinski definition) is 4. The maximum absolute atomic E-state index is 9.39. The van der Waals surface area contributed by atoms with Crippen molar-refractivity contribution in [1.29, 1.82) is 0 Å². The number of phenols is 1. The van der Waals surface area contributed by atoms with Gasteiger partial charge in [0.05, 0.1) is 11.7 Å². The minimum Gasteiger partial charge on any atom is -0.508 e. The lowest BCUT2D eigenvalue weighted by Gasteiger charge is -2.07. The predicted octanol–water partition coefficient (Wildman–Crippen LogP) is 4.49. The summed E-state index contributed by atoms with van der Waals surface area (Å²) in [5.41, 5.74) is 6.25. The fraction of sp³-hybridized carbons (Fsp3) is 0.125. The van der Waals surface area contributed by atoms with E-state index in [9.17, 15) is 5.11 Å². The summed E-state index contributed by atoms with van der Waals surface area (Å²) in [7, 11) is 0. The van der Waals surface area contributed by atoms with E-state index in [0.29, 0.717) is 0 Å². The minimum absolute atomic E-state index is 0.266. The lowest BCUT2D eigenvalue weighted by Crippen LogP contribution is -1.86. The summed E-state index contributed by atoms with van der Waals surface area (Å²) in [5, 5.41) is 9.39. The highest BCUT2D eigenvalue weighted by atomic mass is 32.1. The lowest BCUT2D eigenvalue weighted by atomic mass is 9.98. The highest BCUT2D eigenvalue weighted by Gasteiger charge is 2.12. The number of aromatic nitrogens is 2. The Morgan fingerprint density at radius 1 is 1.05 bits per heavy atom. The van der Waals surface area contributed by atoms with Gasteiger partial charge in [-0.3, -0.25) is 0 Å². The summed E-state index contributed by atoms with van der Waals surface area (Å²) < 4.78 is 8.87. The van der Waals surface area contributed by atoms with Gasteiger partial charge in [0.15, 0.2) is 0 Å². The summed E-state index contributed by atoms with van der Waals surface area (Å²) in [5.74, 6) is 0.266. The van der Waals surface area contributed by atoms with Gasteiger partial charge in [0.2, 0.25) is 0 Å². The van der Waals surface area contributed by atoms with Gasteiger partial charge < -0.3 is 5.11 Å². The van der Waals surface area contributed by atoms with E-state index in [1.807, 2.05) is 19.1 Å². The largest absolute Gasteiger partial charge is 0.508 e. The molecule has 3 nitrogen and oxygen atoms in total. The van der Waals surface area contributed by atoms with Crippen LogP contribution in [0.15, 0.2) is 42.5 Å². The average Bonchev–Trinajstić information content (AvgIpc) is 2.96. The van der Waals surface area contributed by atoms with Crippen molar-refractivity contribution in [3.05, 3.63) is 48.0 Å². The molecule has 3 aromatic rings. The quantitative estimate of drug-likeness (QED) is 0.753. The van der Waals surface area contributed by atoms with Gasteiger partial charge in [-0.2, -0.15) is 8.75 Å². The van der Waals surface area contributed by atoms with Gasteiger partial charge in [-0.15, -0.1) is 0 Å². The van der Waals surface area contributed by atoms with Gasteiger partial charge in [0, 0.05) is 11.1 Å². The fourth-order valence-corrected chi connectivity index (χ4v) is 2.79. The number of nitrogens with zero attached hydrogens (tertiary/aromatic N) is 2. The summed E-state index contributed by atoms with van der Waals surface area (Å²) in [4.78, 5) is 0. The first-order valence-corrected chi connectivity index (χ1v) is 7.11. The molecule has 4 heteroatoms. The summed E-state index contributed by atoms with van der Waals surface area (Å²) in [6, 6.07) is 11.3. The Morgan fingerprint density at radius 2 is 1.75 bits per heavy atom. The van der Waals surface area contributed by atoms with Gasteiger partial charge >= 0.3 is 0 Å². The zero-order valence-electron chi connectivity index (χ0n) is 11.3. The zero-order valence-corrected chi connectivity index (χ0v) is 12.1. The molecule has 0 aliphatic carbocycles. The molecular formula is C16H14N2OS. The molecular weight excluding hydrogens is 268 g/mol. The second-order valence-corrected chi connectivity index (χ2v) is 5.17. The maximum atomic E-state index is 9.39. The van der Waals surface area contributed by atoms with E-state index < -0.39 is 0 Å². The van der Waals surface area contributed by atoms with Crippen LogP contribution in [0.2, 0.25) is 0 Å². The zero-order chi connectivity index (χ0) is 14.1. The molecule has 20 heavy (non-hydrogen) atoms. The maximum Gasteiger partial charge on any atom is 0.115 e. The molecule has 0 spiro atoms. The fourth-order valence-electron chi connectivity index (χ4n) is 2.21. The molecule has 1 heterocycles. The molecule has 2 aromatic carbocycles. The molecule has 0 saturated carbocycles. The number of hydrogen-bond donors (Lipinski definition) is 1. The van der Waals surface area contributed by atoms with Crippen molar-refractivity contribution in [3.8, 4) is 16.9 Å². The van der Waals surface area contributed by atoms with Crippen molar-refractivity contribution in [2.75, 3.05) is 0 Å². The van der Waals surface area contributed by atoms with Crippen LogP contribution in [0.3, 0.4) is 0 Å². The van der Waals surface area contributed by atoms with Crippen LogP contribution in [0, 0.1) is 0 Å². The van der Waals surface area contributed by atoms with E-state index in [-0.39, 0.29) is 5.75 Å². The average molecular weight is 282 g/mol. The molecule has 0 fully saturated rings. The molecule has 0 unspecified atom stereocenters. The first-order chi connectivity index (χ1) is 9.70. The Balaban J connectivity index is 2.24.